The largest absolute Gasteiger partial charge is 0.486 e. The minimum atomic E-state index is -0.142. The molecule has 1 amide bonds. The molecule has 1 aliphatic heterocycles. The number of rotatable bonds is 5. The summed E-state index contributed by atoms with van der Waals surface area (Å²) in [6.07, 6.45) is 0.757. The van der Waals surface area contributed by atoms with Crippen LogP contribution in [0.25, 0.3) is 0 Å². The van der Waals surface area contributed by atoms with E-state index in [9.17, 15) is 4.79 Å². The fourth-order valence-electron chi connectivity index (χ4n) is 2.12. The van der Waals surface area contributed by atoms with Crippen molar-refractivity contribution in [2.75, 3.05) is 26.2 Å². The zero-order valence-electron chi connectivity index (χ0n) is 11.6. The van der Waals surface area contributed by atoms with Crippen molar-refractivity contribution in [3.8, 4) is 11.5 Å². The average Bonchev–Trinajstić information content (AvgIpc) is 2.46. The van der Waals surface area contributed by atoms with Gasteiger partial charge in [0, 0.05) is 6.54 Å². The number of carbonyl (C=O) groups is 1. The fourth-order valence-corrected chi connectivity index (χ4v) is 2.12. The van der Waals surface area contributed by atoms with E-state index in [1.54, 1.807) is 4.90 Å². The molecular formula is C14H21ClN2O3. The van der Waals surface area contributed by atoms with E-state index in [2.05, 4.69) is 0 Å². The van der Waals surface area contributed by atoms with Gasteiger partial charge < -0.3 is 20.1 Å². The van der Waals surface area contributed by atoms with Crippen LogP contribution in [0.15, 0.2) is 24.3 Å². The van der Waals surface area contributed by atoms with E-state index < -0.39 is 0 Å². The van der Waals surface area contributed by atoms with Gasteiger partial charge in [-0.3, -0.25) is 4.79 Å². The van der Waals surface area contributed by atoms with Crippen LogP contribution >= 0.6 is 12.4 Å². The van der Waals surface area contributed by atoms with Crippen molar-refractivity contribution in [3.05, 3.63) is 24.3 Å². The van der Waals surface area contributed by atoms with Gasteiger partial charge in [0.15, 0.2) is 17.6 Å². The number of amides is 1. The molecule has 1 aromatic carbocycles. The van der Waals surface area contributed by atoms with E-state index in [4.69, 9.17) is 15.2 Å². The number of hydrogen-bond donors (Lipinski definition) is 1. The van der Waals surface area contributed by atoms with Crippen LogP contribution in [0, 0.1) is 0 Å². The second kappa shape index (κ2) is 7.97. The summed E-state index contributed by atoms with van der Waals surface area (Å²) in [4.78, 5) is 13.5. The van der Waals surface area contributed by atoms with Crippen molar-refractivity contribution in [1.82, 2.24) is 4.90 Å². The molecule has 0 radical (unpaired) electrons. The molecule has 0 saturated carbocycles. The quantitative estimate of drug-likeness (QED) is 0.894. The summed E-state index contributed by atoms with van der Waals surface area (Å²) in [5.74, 6) is 1.44. The number of ether oxygens (including phenoxy) is 2. The zero-order valence-corrected chi connectivity index (χ0v) is 12.4. The van der Waals surface area contributed by atoms with Gasteiger partial charge in [0.1, 0.15) is 6.61 Å². The lowest BCUT2D eigenvalue weighted by molar-refractivity contribution is -0.131. The van der Waals surface area contributed by atoms with Gasteiger partial charge in [-0.1, -0.05) is 19.1 Å². The van der Waals surface area contributed by atoms with E-state index in [1.807, 2.05) is 31.2 Å². The summed E-state index contributed by atoms with van der Waals surface area (Å²) in [6, 6.07) is 7.56. The maximum Gasteiger partial charge on any atom is 0.236 e. The van der Waals surface area contributed by atoms with Crippen LogP contribution in [0.2, 0.25) is 0 Å². The lowest BCUT2D eigenvalue weighted by Gasteiger charge is -2.31. The number of carbonyl (C=O) groups excluding carboxylic acids is 1. The van der Waals surface area contributed by atoms with E-state index in [-0.39, 0.29) is 31.0 Å². The summed E-state index contributed by atoms with van der Waals surface area (Å²) in [5, 5.41) is 0. The van der Waals surface area contributed by atoms with Crippen LogP contribution in [-0.2, 0) is 4.79 Å². The molecule has 0 fully saturated rings. The number of hydrogen-bond acceptors (Lipinski definition) is 4. The Morgan fingerprint density at radius 3 is 2.75 bits per heavy atom. The van der Waals surface area contributed by atoms with Crippen LogP contribution in [0.3, 0.4) is 0 Å². The van der Waals surface area contributed by atoms with E-state index >= 15 is 0 Å². The third-order valence-corrected chi connectivity index (χ3v) is 3.01. The lowest BCUT2D eigenvalue weighted by Crippen LogP contribution is -2.45. The molecule has 5 nitrogen and oxygen atoms in total. The first-order valence-electron chi connectivity index (χ1n) is 6.61. The van der Waals surface area contributed by atoms with Gasteiger partial charge in [0.25, 0.3) is 0 Å². The van der Waals surface area contributed by atoms with Gasteiger partial charge in [0.05, 0.1) is 13.1 Å². The normalized spacial score (nSPS) is 16.2. The smallest absolute Gasteiger partial charge is 0.236 e. The molecule has 0 bridgehead atoms. The highest BCUT2D eigenvalue weighted by atomic mass is 35.5. The summed E-state index contributed by atoms with van der Waals surface area (Å²) < 4.78 is 11.5. The molecule has 20 heavy (non-hydrogen) atoms. The Kier molecular flexibility index (Phi) is 6.61. The predicted octanol–water partition coefficient (Wildman–Crippen LogP) is 1.45. The standard InChI is InChI=1S/C14H20N2O3.ClH/c1-2-7-16(14(17)8-15)9-11-10-18-12-5-3-4-6-13(12)19-11;/h3-6,11H,2,7-10,15H2,1H3;1H. The molecule has 6 heteroatoms. The van der Waals surface area contributed by atoms with Gasteiger partial charge in [-0.15, -0.1) is 12.4 Å². The average molecular weight is 301 g/mol. The molecular weight excluding hydrogens is 280 g/mol. The van der Waals surface area contributed by atoms with Crippen molar-refractivity contribution < 1.29 is 14.3 Å². The minimum absolute atomic E-state index is 0. The minimum Gasteiger partial charge on any atom is -0.486 e. The molecule has 112 valence electrons. The van der Waals surface area contributed by atoms with Gasteiger partial charge in [-0.25, -0.2) is 0 Å². The van der Waals surface area contributed by atoms with Gasteiger partial charge in [-0.2, -0.15) is 0 Å². The summed E-state index contributed by atoms with van der Waals surface area (Å²) in [6.45, 7) is 3.72. The molecule has 2 rings (SSSR count). The number of nitrogens with zero attached hydrogens (tertiary/aromatic N) is 1. The first-order valence-corrected chi connectivity index (χ1v) is 6.61. The summed E-state index contributed by atoms with van der Waals surface area (Å²) in [7, 11) is 0. The van der Waals surface area contributed by atoms with Gasteiger partial charge in [0.2, 0.25) is 5.91 Å². The maximum atomic E-state index is 11.7. The number of nitrogens with two attached hydrogens (primary N) is 1. The molecule has 1 atom stereocenters. The topological polar surface area (TPSA) is 64.8 Å². The Morgan fingerprint density at radius 2 is 2.10 bits per heavy atom. The zero-order chi connectivity index (χ0) is 13.7. The van der Waals surface area contributed by atoms with Crippen molar-refractivity contribution >= 4 is 18.3 Å². The Hall–Kier alpha value is -1.46. The number of benzene rings is 1. The molecule has 0 spiro atoms. The summed E-state index contributed by atoms with van der Waals surface area (Å²) >= 11 is 0. The van der Waals surface area contributed by atoms with E-state index in [0.29, 0.717) is 19.7 Å². The van der Waals surface area contributed by atoms with Crippen LogP contribution in [0.1, 0.15) is 13.3 Å². The number of halogens is 1. The van der Waals surface area contributed by atoms with Crippen LogP contribution in [0.4, 0.5) is 0 Å². The van der Waals surface area contributed by atoms with E-state index in [1.165, 1.54) is 0 Å². The molecule has 1 unspecified atom stereocenters. The maximum absolute atomic E-state index is 11.7. The molecule has 0 saturated heterocycles. The second-order valence-electron chi connectivity index (χ2n) is 4.54. The predicted molar refractivity (Wildman–Crippen MR) is 79.5 cm³/mol. The Bertz CT molecular complexity index is 442. The molecule has 2 N–H and O–H groups in total. The number of para-hydroxylation sites is 2. The van der Waals surface area contributed by atoms with Gasteiger partial charge >= 0.3 is 0 Å². The van der Waals surface area contributed by atoms with Crippen molar-refractivity contribution in [2.45, 2.75) is 19.4 Å². The van der Waals surface area contributed by atoms with Crippen LogP contribution < -0.4 is 15.2 Å². The van der Waals surface area contributed by atoms with Crippen LogP contribution in [-0.4, -0.2) is 43.2 Å². The summed E-state index contributed by atoms with van der Waals surface area (Å²) in [5.41, 5.74) is 5.42. The first-order chi connectivity index (χ1) is 9.24. The van der Waals surface area contributed by atoms with Gasteiger partial charge in [-0.05, 0) is 18.6 Å². The fraction of sp³-hybridized carbons (Fsp3) is 0.500. The Morgan fingerprint density at radius 1 is 1.40 bits per heavy atom. The second-order valence-corrected chi connectivity index (χ2v) is 4.54. The van der Waals surface area contributed by atoms with Crippen LogP contribution in [0.5, 0.6) is 11.5 Å². The molecule has 1 aliphatic rings. The molecule has 1 heterocycles. The SMILES string of the molecule is CCCN(CC1COc2ccccc2O1)C(=O)CN.Cl. The third-order valence-electron chi connectivity index (χ3n) is 3.01. The monoisotopic (exact) mass is 300 g/mol. The lowest BCUT2D eigenvalue weighted by atomic mass is 10.2. The Labute approximate surface area is 125 Å². The molecule has 0 aliphatic carbocycles. The third kappa shape index (κ3) is 4.02. The number of fused-ring (bicyclic) bond motifs is 1. The van der Waals surface area contributed by atoms with E-state index in [0.717, 1.165) is 17.9 Å². The first kappa shape index (κ1) is 16.6. The van der Waals surface area contributed by atoms with Crippen molar-refractivity contribution in [3.63, 3.8) is 0 Å². The van der Waals surface area contributed by atoms with Crippen molar-refractivity contribution in [2.24, 2.45) is 5.73 Å². The molecule has 1 aromatic rings. The highest BCUT2D eigenvalue weighted by Gasteiger charge is 2.24. The Balaban J connectivity index is 0.00000200. The highest BCUT2D eigenvalue weighted by Crippen LogP contribution is 2.30. The highest BCUT2D eigenvalue weighted by molar-refractivity contribution is 5.85. The van der Waals surface area contributed by atoms with Crippen molar-refractivity contribution in [1.29, 1.82) is 0 Å². The molecule has 0 aromatic heterocycles.